The predicted molar refractivity (Wildman–Crippen MR) is 146 cm³/mol. The lowest BCUT2D eigenvalue weighted by molar-refractivity contribution is 0.466. The van der Waals surface area contributed by atoms with Crippen LogP contribution in [0, 0.1) is 0 Å². The van der Waals surface area contributed by atoms with Crippen molar-refractivity contribution in [2.75, 3.05) is 0 Å². The summed E-state index contributed by atoms with van der Waals surface area (Å²) >= 11 is 6.70. The van der Waals surface area contributed by atoms with E-state index >= 15 is 0 Å². The molecule has 0 radical (unpaired) electrons. The molecule has 4 aromatic rings. The van der Waals surface area contributed by atoms with Gasteiger partial charge in [0.15, 0.2) is 0 Å². The minimum absolute atomic E-state index is 0.763. The number of benzene rings is 4. The summed E-state index contributed by atoms with van der Waals surface area (Å²) in [5.41, 5.74) is 4.17. The van der Waals surface area contributed by atoms with Crippen molar-refractivity contribution in [1.82, 2.24) is 0 Å². The summed E-state index contributed by atoms with van der Waals surface area (Å²) < 4.78 is 12.9. The second kappa shape index (κ2) is 7.99. The van der Waals surface area contributed by atoms with Crippen LogP contribution < -0.4 is 25.4 Å². The Morgan fingerprint density at radius 2 is 1.50 bits per heavy atom. The van der Waals surface area contributed by atoms with Gasteiger partial charge in [-0.15, -0.1) is 0 Å². The molecule has 2 aliphatic rings. The molecule has 2 nitrogen and oxygen atoms in total. The fourth-order valence-electron chi connectivity index (χ4n) is 4.74. The molecule has 4 aromatic carbocycles. The van der Waals surface area contributed by atoms with Crippen LogP contribution in [0.3, 0.4) is 0 Å². The molecule has 0 N–H and O–H groups in total. The van der Waals surface area contributed by atoms with Gasteiger partial charge in [0.25, 0.3) is 0 Å². The topological polar surface area (TPSA) is 18.5 Å². The molecular weight excluding hydrogens is 455 g/mol. The zero-order chi connectivity index (χ0) is 23.3. The maximum absolute atomic E-state index is 6.70. The molecular formula is C30H21O2PS. The Morgan fingerprint density at radius 3 is 2.26 bits per heavy atom. The third kappa shape index (κ3) is 2.98. The second-order valence-electron chi connectivity index (χ2n) is 8.18. The normalized spacial score (nSPS) is 17.4. The van der Waals surface area contributed by atoms with Crippen LogP contribution in [0.1, 0.15) is 5.56 Å². The highest BCUT2D eigenvalue weighted by Crippen LogP contribution is 2.59. The highest BCUT2D eigenvalue weighted by molar-refractivity contribution is 8.26. The summed E-state index contributed by atoms with van der Waals surface area (Å²) in [6, 6.07) is 26.4. The van der Waals surface area contributed by atoms with Crippen LogP contribution in [0.15, 0.2) is 116 Å². The van der Waals surface area contributed by atoms with Crippen LogP contribution in [-0.4, -0.2) is 0 Å². The molecule has 0 aliphatic carbocycles. The second-order valence-corrected chi connectivity index (χ2v) is 12.5. The molecule has 0 aromatic heterocycles. The first kappa shape index (κ1) is 20.9. The fraction of sp³-hybridized carbons (Fsp3) is 0. The largest absolute Gasteiger partial charge is 0.456 e. The van der Waals surface area contributed by atoms with Gasteiger partial charge in [0, 0.05) is 16.2 Å². The van der Waals surface area contributed by atoms with Gasteiger partial charge >= 0.3 is 0 Å². The lowest BCUT2D eigenvalue weighted by Gasteiger charge is -2.38. The number of fused-ring (bicyclic) bond motifs is 4. The lowest BCUT2D eigenvalue weighted by Crippen LogP contribution is -2.35. The highest BCUT2D eigenvalue weighted by atomic mass is 32.4. The molecule has 4 heteroatoms. The summed E-state index contributed by atoms with van der Waals surface area (Å²) in [7, 11) is 0. The van der Waals surface area contributed by atoms with Crippen LogP contribution in [0.4, 0.5) is 0 Å². The first-order chi connectivity index (χ1) is 16.6. The molecule has 0 fully saturated rings. The van der Waals surface area contributed by atoms with Crippen LogP contribution >= 0.6 is 6.04 Å². The van der Waals surface area contributed by atoms with Crippen molar-refractivity contribution >= 4 is 39.3 Å². The molecule has 0 bridgehead atoms. The summed E-state index contributed by atoms with van der Waals surface area (Å²) in [4.78, 5) is 0. The molecule has 164 valence electrons. The Labute approximate surface area is 204 Å². The quantitative estimate of drug-likeness (QED) is 0.200. The van der Waals surface area contributed by atoms with Gasteiger partial charge in [-0.1, -0.05) is 97.8 Å². The van der Waals surface area contributed by atoms with Gasteiger partial charge in [0.05, 0.1) is 11.3 Å². The number of para-hydroxylation sites is 1. The van der Waals surface area contributed by atoms with E-state index in [1.165, 1.54) is 0 Å². The Bertz CT molecular complexity index is 1570. The summed E-state index contributed by atoms with van der Waals surface area (Å²) in [5.74, 6) is 3.15. The molecule has 0 spiro atoms. The summed E-state index contributed by atoms with van der Waals surface area (Å²) in [6.07, 6.45) is 5.53. The van der Waals surface area contributed by atoms with Crippen molar-refractivity contribution in [3.05, 3.63) is 122 Å². The van der Waals surface area contributed by atoms with Crippen molar-refractivity contribution in [3.8, 4) is 34.1 Å². The van der Waals surface area contributed by atoms with E-state index in [1.807, 2.05) is 48.6 Å². The van der Waals surface area contributed by atoms with Crippen molar-refractivity contribution in [2.24, 2.45) is 0 Å². The third-order valence-electron chi connectivity index (χ3n) is 6.28. The molecule has 0 saturated heterocycles. The van der Waals surface area contributed by atoms with E-state index in [-0.39, 0.29) is 0 Å². The average molecular weight is 477 g/mol. The molecule has 1 unspecified atom stereocenters. The van der Waals surface area contributed by atoms with Crippen LogP contribution in [0.2, 0.25) is 0 Å². The van der Waals surface area contributed by atoms with Crippen LogP contribution in [-0.2, 0) is 11.8 Å². The fourth-order valence-corrected chi connectivity index (χ4v) is 9.24. The van der Waals surface area contributed by atoms with E-state index in [2.05, 4.69) is 61.7 Å². The van der Waals surface area contributed by atoms with E-state index in [9.17, 15) is 0 Å². The van der Waals surface area contributed by atoms with Crippen molar-refractivity contribution < 1.29 is 9.47 Å². The zero-order valence-corrected chi connectivity index (χ0v) is 20.1. The Hall–Kier alpha value is -3.65. The van der Waals surface area contributed by atoms with E-state index in [0.717, 1.165) is 61.2 Å². The number of allylic oxidation sites excluding steroid dienone is 4. The van der Waals surface area contributed by atoms with Crippen molar-refractivity contribution in [2.45, 2.75) is 0 Å². The molecule has 6 rings (SSSR count). The number of rotatable bonds is 4. The highest BCUT2D eigenvalue weighted by Gasteiger charge is 2.43. The zero-order valence-electron chi connectivity index (χ0n) is 18.4. The standard InChI is InChI=1S/C30H21O2PS/c1-3-10-20(4-2)23-13-8-16-27-29(23)32-26-15-9-14-25-30(26)33(27,34)28-19-22(17-18-24(28)31-25)21-11-6-5-7-12-21/h3-19H,1-2H2/b20-10+. The van der Waals surface area contributed by atoms with Gasteiger partial charge in [-0.2, -0.15) is 0 Å². The molecule has 34 heavy (non-hydrogen) atoms. The first-order valence-electron chi connectivity index (χ1n) is 11.0. The molecule has 1 atom stereocenters. The third-order valence-corrected chi connectivity index (χ3v) is 11.1. The van der Waals surface area contributed by atoms with Gasteiger partial charge in [-0.3, -0.25) is 0 Å². The van der Waals surface area contributed by atoms with Crippen molar-refractivity contribution in [1.29, 1.82) is 0 Å². The number of hydrogen-bond acceptors (Lipinski definition) is 3. The summed E-state index contributed by atoms with van der Waals surface area (Å²) in [5, 5.41) is 3.07. The lowest BCUT2D eigenvalue weighted by atomic mass is 10.0. The predicted octanol–water partition coefficient (Wildman–Crippen LogP) is 7.08. The van der Waals surface area contributed by atoms with E-state index in [4.69, 9.17) is 21.3 Å². The first-order valence-corrected chi connectivity index (χ1v) is 13.8. The maximum atomic E-state index is 6.70. The minimum Gasteiger partial charge on any atom is -0.456 e. The molecule has 0 amide bonds. The van der Waals surface area contributed by atoms with Crippen LogP contribution in [0.5, 0.6) is 23.0 Å². The van der Waals surface area contributed by atoms with Gasteiger partial charge in [-0.05, 0) is 47.0 Å². The van der Waals surface area contributed by atoms with Gasteiger partial charge in [0.1, 0.15) is 23.0 Å². The van der Waals surface area contributed by atoms with E-state index < -0.39 is 6.04 Å². The van der Waals surface area contributed by atoms with Gasteiger partial charge in [-0.25, -0.2) is 0 Å². The minimum atomic E-state index is -2.46. The smallest absolute Gasteiger partial charge is 0.144 e. The van der Waals surface area contributed by atoms with E-state index in [1.54, 1.807) is 6.08 Å². The Morgan fingerprint density at radius 1 is 0.735 bits per heavy atom. The monoisotopic (exact) mass is 476 g/mol. The Balaban J connectivity index is 1.67. The van der Waals surface area contributed by atoms with Gasteiger partial charge in [0.2, 0.25) is 0 Å². The van der Waals surface area contributed by atoms with Gasteiger partial charge < -0.3 is 9.47 Å². The molecule has 2 aliphatic heterocycles. The van der Waals surface area contributed by atoms with Crippen LogP contribution in [0.25, 0.3) is 16.7 Å². The maximum Gasteiger partial charge on any atom is 0.144 e. The molecule has 2 heterocycles. The molecule has 0 saturated carbocycles. The Kier molecular flexibility index (Phi) is 4.91. The summed E-state index contributed by atoms with van der Waals surface area (Å²) in [6.45, 7) is 7.86. The van der Waals surface area contributed by atoms with Crippen molar-refractivity contribution in [3.63, 3.8) is 0 Å². The number of hydrogen-bond donors (Lipinski definition) is 0. The average Bonchev–Trinajstić information content (AvgIpc) is 2.88. The SMILES string of the molecule is C=C/C=C(\C=C)c1cccc2c1Oc1cccc3c1P2(=S)c1cc(-c2ccccc2)ccc1O3. The van der Waals surface area contributed by atoms with E-state index in [0.29, 0.717) is 0 Å². The number of ether oxygens (including phenoxy) is 2.